The molecule has 0 saturated heterocycles. The van der Waals surface area contributed by atoms with Gasteiger partial charge in [-0.05, 0) is 25.0 Å². The molecule has 0 aromatic heterocycles. The highest BCUT2D eigenvalue weighted by molar-refractivity contribution is 6.04. The van der Waals surface area contributed by atoms with Crippen molar-refractivity contribution >= 4 is 17.9 Å². The number of aldehydes is 1. The van der Waals surface area contributed by atoms with Crippen LogP contribution < -0.4 is 14.4 Å². The monoisotopic (exact) mass is 303 g/mol. The van der Waals surface area contributed by atoms with E-state index in [2.05, 4.69) is 6.58 Å². The number of hydrogen-bond donors (Lipinski definition) is 0. The molecule has 0 atom stereocenters. The fraction of sp³-hybridized carbons (Fsp3) is 0.412. The minimum Gasteiger partial charge on any atom is -0.493 e. The minimum absolute atomic E-state index is 0.116. The molecule has 0 N–H and O–H groups in total. The quantitative estimate of drug-likeness (QED) is 0.599. The molecule has 0 fully saturated rings. The molecule has 0 saturated carbocycles. The molecule has 5 nitrogen and oxygen atoms in total. The predicted octanol–water partition coefficient (Wildman–Crippen LogP) is 2.98. The van der Waals surface area contributed by atoms with Crippen LogP contribution in [0.2, 0.25) is 0 Å². The van der Waals surface area contributed by atoms with Crippen LogP contribution in [0.5, 0.6) is 11.5 Å². The Balaban J connectivity index is 2.70. The van der Waals surface area contributed by atoms with Crippen LogP contribution in [0.25, 0.3) is 0 Å². The summed E-state index contributed by atoms with van der Waals surface area (Å²) in [5, 5.41) is 0. The Morgan fingerprint density at radius 2 is 2.05 bits per heavy atom. The van der Waals surface area contributed by atoms with Crippen molar-refractivity contribution in [2.45, 2.75) is 32.3 Å². The molecule has 118 valence electrons. The third-order valence-electron chi connectivity index (χ3n) is 4.09. The third-order valence-corrected chi connectivity index (χ3v) is 4.09. The van der Waals surface area contributed by atoms with Crippen LogP contribution in [0, 0.1) is 0 Å². The number of ether oxygens (including phenoxy) is 2. The Labute approximate surface area is 130 Å². The predicted molar refractivity (Wildman–Crippen MR) is 84.9 cm³/mol. The van der Waals surface area contributed by atoms with Crippen LogP contribution in [0.3, 0.4) is 0 Å². The lowest BCUT2D eigenvalue weighted by Gasteiger charge is -2.42. The first kappa shape index (κ1) is 16.1. The van der Waals surface area contributed by atoms with Crippen LogP contribution in [-0.2, 0) is 4.79 Å². The van der Waals surface area contributed by atoms with Gasteiger partial charge in [-0.2, -0.15) is 0 Å². The maximum Gasteiger partial charge on any atom is 0.271 e. The summed E-state index contributed by atoms with van der Waals surface area (Å²) in [4.78, 5) is 25.6. The van der Waals surface area contributed by atoms with Crippen molar-refractivity contribution in [3.05, 3.63) is 30.4 Å². The van der Waals surface area contributed by atoms with E-state index >= 15 is 0 Å². The number of carbonyl (C=O) groups excluding carboxylic acids is 2. The van der Waals surface area contributed by atoms with Gasteiger partial charge in [0.15, 0.2) is 17.1 Å². The van der Waals surface area contributed by atoms with Gasteiger partial charge in [-0.15, -0.1) is 6.58 Å². The van der Waals surface area contributed by atoms with Gasteiger partial charge in [0.25, 0.3) is 5.91 Å². The normalized spacial score (nSPS) is 15.8. The van der Waals surface area contributed by atoms with E-state index in [-0.39, 0.29) is 5.91 Å². The summed E-state index contributed by atoms with van der Waals surface area (Å²) in [6.07, 6.45) is 3.48. The molecule has 0 aliphatic carbocycles. The molecule has 1 aliphatic rings. The van der Waals surface area contributed by atoms with Gasteiger partial charge >= 0.3 is 0 Å². The topological polar surface area (TPSA) is 55.8 Å². The lowest BCUT2D eigenvalue weighted by Crippen LogP contribution is -2.55. The van der Waals surface area contributed by atoms with Crippen molar-refractivity contribution in [2.24, 2.45) is 0 Å². The molecule has 0 unspecified atom stereocenters. The van der Waals surface area contributed by atoms with E-state index in [0.29, 0.717) is 42.1 Å². The zero-order chi connectivity index (χ0) is 16.3. The van der Waals surface area contributed by atoms with Gasteiger partial charge in [0.1, 0.15) is 6.29 Å². The van der Waals surface area contributed by atoms with E-state index < -0.39 is 5.60 Å². The summed E-state index contributed by atoms with van der Waals surface area (Å²) in [5.41, 5.74) is 0.0665. The fourth-order valence-corrected chi connectivity index (χ4v) is 2.73. The number of nitrogens with zero attached hydrogens (tertiary/aromatic N) is 1. The molecule has 1 aromatic carbocycles. The molecular weight excluding hydrogens is 282 g/mol. The second-order valence-corrected chi connectivity index (χ2v) is 5.20. The zero-order valence-corrected chi connectivity index (χ0v) is 13.2. The average molecular weight is 303 g/mol. The number of hydrogen-bond acceptors (Lipinski definition) is 4. The number of anilines is 1. The minimum atomic E-state index is -0.911. The number of amides is 1. The van der Waals surface area contributed by atoms with Gasteiger partial charge < -0.3 is 14.4 Å². The highest BCUT2D eigenvalue weighted by atomic mass is 16.5. The van der Waals surface area contributed by atoms with E-state index in [4.69, 9.17) is 9.47 Å². The molecule has 1 amide bonds. The largest absolute Gasteiger partial charge is 0.493 e. The fourth-order valence-electron chi connectivity index (χ4n) is 2.73. The van der Waals surface area contributed by atoms with Crippen molar-refractivity contribution in [1.82, 2.24) is 0 Å². The number of methoxy groups -OCH3 is 1. The van der Waals surface area contributed by atoms with Crippen LogP contribution in [-0.4, -0.2) is 31.4 Å². The highest BCUT2D eigenvalue weighted by Gasteiger charge is 2.46. The van der Waals surface area contributed by atoms with Crippen molar-refractivity contribution in [1.29, 1.82) is 0 Å². The molecule has 1 heterocycles. The first-order chi connectivity index (χ1) is 10.6. The average Bonchev–Trinajstić information content (AvgIpc) is 2.56. The Morgan fingerprint density at radius 1 is 1.36 bits per heavy atom. The van der Waals surface area contributed by atoms with E-state index in [0.717, 1.165) is 6.29 Å². The lowest BCUT2D eigenvalue weighted by atomic mass is 9.92. The van der Waals surface area contributed by atoms with Crippen LogP contribution >= 0.6 is 0 Å². The molecule has 0 spiro atoms. The molecule has 2 rings (SSSR count). The first-order valence-electron chi connectivity index (χ1n) is 7.36. The summed E-state index contributed by atoms with van der Waals surface area (Å²) >= 11 is 0. The molecular formula is C17H21NO4. The number of fused-ring (bicyclic) bond motifs is 1. The Kier molecular flexibility index (Phi) is 4.54. The van der Waals surface area contributed by atoms with E-state index in [1.54, 1.807) is 23.1 Å². The second kappa shape index (κ2) is 6.22. The van der Waals surface area contributed by atoms with Crippen LogP contribution in [0.4, 0.5) is 5.69 Å². The van der Waals surface area contributed by atoms with E-state index in [1.165, 1.54) is 7.11 Å². The van der Waals surface area contributed by atoms with Crippen molar-refractivity contribution in [3.8, 4) is 11.5 Å². The molecule has 0 radical (unpaired) electrons. The van der Waals surface area contributed by atoms with Crippen molar-refractivity contribution in [2.75, 3.05) is 18.6 Å². The third kappa shape index (κ3) is 2.36. The van der Waals surface area contributed by atoms with Gasteiger partial charge in [0.05, 0.1) is 12.8 Å². The second-order valence-electron chi connectivity index (χ2n) is 5.20. The van der Waals surface area contributed by atoms with Gasteiger partial charge in [0, 0.05) is 12.1 Å². The summed E-state index contributed by atoms with van der Waals surface area (Å²) < 4.78 is 11.4. The SMILES string of the molecule is C=CCN1C(=O)C(CC)(CC)Oc2c(OC)cc(C=O)cc21. The highest BCUT2D eigenvalue weighted by Crippen LogP contribution is 2.46. The Hall–Kier alpha value is -2.30. The van der Waals surface area contributed by atoms with E-state index in [1.807, 2.05) is 13.8 Å². The maximum atomic E-state index is 12.9. The van der Waals surface area contributed by atoms with Gasteiger partial charge in [-0.3, -0.25) is 9.59 Å². The van der Waals surface area contributed by atoms with Gasteiger partial charge in [0.2, 0.25) is 0 Å². The molecule has 5 heteroatoms. The standard InChI is InChI=1S/C17H21NO4/c1-5-8-18-13-9-12(11-19)10-14(21-4)15(13)22-17(6-2,7-3)16(18)20/h5,9-11H,1,6-8H2,2-4H3. The summed E-state index contributed by atoms with van der Waals surface area (Å²) in [7, 11) is 1.52. The summed E-state index contributed by atoms with van der Waals surface area (Å²) in [6, 6.07) is 3.26. The van der Waals surface area contributed by atoms with Crippen molar-refractivity contribution < 1.29 is 19.1 Å². The van der Waals surface area contributed by atoms with Gasteiger partial charge in [-0.1, -0.05) is 19.9 Å². The zero-order valence-electron chi connectivity index (χ0n) is 13.2. The molecule has 1 aromatic rings. The number of benzene rings is 1. The van der Waals surface area contributed by atoms with Gasteiger partial charge in [-0.25, -0.2) is 0 Å². The van der Waals surface area contributed by atoms with E-state index in [9.17, 15) is 9.59 Å². The maximum absolute atomic E-state index is 12.9. The summed E-state index contributed by atoms with van der Waals surface area (Å²) in [6.45, 7) is 7.90. The number of carbonyl (C=O) groups is 2. The molecule has 0 bridgehead atoms. The molecule has 22 heavy (non-hydrogen) atoms. The summed E-state index contributed by atoms with van der Waals surface area (Å²) in [5.74, 6) is 0.834. The van der Waals surface area contributed by atoms with Crippen molar-refractivity contribution in [3.63, 3.8) is 0 Å². The van der Waals surface area contributed by atoms with Crippen LogP contribution in [0.15, 0.2) is 24.8 Å². The first-order valence-corrected chi connectivity index (χ1v) is 7.36. The Morgan fingerprint density at radius 3 is 2.55 bits per heavy atom. The van der Waals surface area contributed by atoms with Crippen LogP contribution in [0.1, 0.15) is 37.0 Å². The smallest absolute Gasteiger partial charge is 0.271 e. The Bertz CT molecular complexity index is 605. The number of rotatable bonds is 6. The lowest BCUT2D eigenvalue weighted by molar-refractivity contribution is -0.136. The molecule has 1 aliphatic heterocycles.